The van der Waals surface area contributed by atoms with Crippen molar-refractivity contribution < 1.29 is 111 Å². The molecule has 2 aromatic carbocycles. The van der Waals surface area contributed by atoms with Crippen LogP contribution in [0.5, 0.6) is 23.1 Å². The van der Waals surface area contributed by atoms with E-state index in [4.69, 9.17) is 73.9 Å². The molecule has 32 heteroatoms. The van der Waals surface area contributed by atoms with Crippen LogP contribution in [0, 0.1) is 0 Å². The molecule has 4 aromatic rings. The van der Waals surface area contributed by atoms with Crippen LogP contribution < -0.4 is 18.5 Å². The number of methoxy groups -OCH3 is 1. The van der Waals surface area contributed by atoms with E-state index >= 15 is 8.42 Å². The first-order valence-electron chi connectivity index (χ1n) is 22.9. The van der Waals surface area contributed by atoms with Gasteiger partial charge in [0.2, 0.25) is 11.6 Å². The van der Waals surface area contributed by atoms with E-state index in [0.29, 0.717) is 22.7 Å². The second-order valence-corrected chi connectivity index (χ2v) is 17.7. The zero-order chi connectivity index (χ0) is 55.5. The molecule has 1 atom stereocenters. The van der Waals surface area contributed by atoms with E-state index in [-0.39, 0.29) is 95.1 Å². The van der Waals surface area contributed by atoms with Crippen LogP contribution in [-0.4, -0.2) is 167 Å². The van der Waals surface area contributed by atoms with Crippen molar-refractivity contribution in [3.63, 3.8) is 0 Å². The number of carbonyl (C=O) groups is 3. The quantitative estimate of drug-likeness (QED) is 0.0106. The van der Waals surface area contributed by atoms with Gasteiger partial charge in [-0.2, -0.15) is 4.98 Å². The van der Waals surface area contributed by atoms with Crippen molar-refractivity contribution >= 4 is 34.3 Å². The monoisotopic (exact) mass is 1100 g/mol. The molecule has 0 fully saturated rings. The largest absolute Gasteiger partial charge is 0.510 e. The van der Waals surface area contributed by atoms with Crippen LogP contribution in [0.1, 0.15) is 64.9 Å². The average Bonchev–Trinajstić information content (AvgIpc) is 3.40. The van der Waals surface area contributed by atoms with Gasteiger partial charge >= 0.3 is 18.5 Å². The van der Waals surface area contributed by atoms with Gasteiger partial charge in [0.1, 0.15) is 19.8 Å². The number of para-hydroxylation sites is 2. The molecule has 0 aliphatic heterocycles. The summed E-state index contributed by atoms with van der Waals surface area (Å²) in [7, 11) is -3.63. The Hall–Kier alpha value is -6.92. The predicted molar refractivity (Wildman–Crippen MR) is 249 cm³/mol. The van der Waals surface area contributed by atoms with Crippen LogP contribution in [0.15, 0.2) is 71.9 Å². The molecule has 31 nitrogen and oxygen atoms in total. The van der Waals surface area contributed by atoms with Gasteiger partial charge in [0.05, 0.1) is 67.8 Å². The number of sulfonamides is 1. The molecule has 2 aromatic heterocycles. The second-order valence-electron chi connectivity index (χ2n) is 15.9. The van der Waals surface area contributed by atoms with Crippen molar-refractivity contribution in [2.24, 2.45) is 0 Å². The lowest BCUT2D eigenvalue weighted by molar-refractivity contribution is -0.492. The number of carbonyl (C=O) groups excluding carboxylic acids is 3. The Morgan fingerprint density at radius 1 is 0.605 bits per heavy atom. The minimum absolute atomic E-state index is 0.0106. The maximum atomic E-state index is 15.3. The standard InChI is InChI=1S/C44H60N8O23S/c1-31(74-43(55)68-24-9-12-27-73-52(60)61)49(76(62,63)33-18-16-32(17-19-33)44(2,3)30-70-42(54)67-23-8-11-26-72-51(58)59)39-36(75-35-15-6-5-14-34(35)64-4)40(48-38(47-39)37-45-20-13-21-46-37)65-28-29-69-41(53)66-22-7-10-25-71-50(56)57/h5-6,13-21,31,56-61H,7-12,22-30H2,1-4H3. The number of aromatic nitrogens is 4. The zero-order valence-electron chi connectivity index (χ0n) is 41.6. The van der Waals surface area contributed by atoms with Gasteiger partial charge in [-0.1, -0.05) is 38.1 Å². The molecule has 0 spiro atoms. The van der Waals surface area contributed by atoms with Gasteiger partial charge in [-0.15, -0.1) is 0 Å². The molecule has 76 heavy (non-hydrogen) atoms. The third kappa shape index (κ3) is 21.0. The lowest BCUT2D eigenvalue weighted by Crippen LogP contribution is -2.42. The topological polar surface area (TPSA) is 382 Å². The summed E-state index contributed by atoms with van der Waals surface area (Å²) in [5, 5.41) is 50.8. The third-order valence-electron chi connectivity index (χ3n) is 9.85. The van der Waals surface area contributed by atoms with E-state index in [2.05, 4.69) is 34.4 Å². The summed E-state index contributed by atoms with van der Waals surface area (Å²) in [5.41, 5.74) is -0.425. The number of ether oxygens (including phenoxy) is 9. The van der Waals surface area contributed by atoms with E-state index in [1.807, 2.05) is 0 Å². The van der Waals surface area contributed by atoms with Gasteiger partial charge in [-0.3, -0.25) is 45.8 Å². The zero-order valence-corrected chi connectivity index (χ0v) is 42.5. The van der Waals surface area contributed by atoms with Crippen molar-refractivity contribution in [3.8, 4) is 34.8 Å². The van der Waals surface area contributed by atoms with Gasteiger partial charge in [0, 0.05) is 17.8 Å². The molecule has 0 saturated heterocycles. The molecule has 2 heterocycles. The Kier molecular flexibility index (Phi) is 25.8. The summed E-state index contributed by atoms with van der Waals surface area (Å²) in [4.78, 5) is 68.7. The first-order valence-corrected chi connectivity index (χ1v) is 24.4. The smallest absolute Gasteiger partial charge is 0.493 e. The fraction of sp³-hybridized carbons (Fsp3) is 0.477. The molecule has 0 saturated carbocycles. The number of benzene rings is 2. The van der Waals surface area contributed by atoms with Crippen molar-refractivity contribution in [2.75, 3.05) is 70.9 Å². The van der Waals surface area contributed by atoms with Crippen LogP contribution in [0.2, 0.25) is 0 Å². The van der Waals surface area contributed by atoms with Crippen LogP contribution in [0.25, 0.3) is 11.6 Å². The Labute approximate surface area is 434 Å². The highest BCUT2D eigenvalue weighted by atomic mass is 32.2. The number of unbranched alkanes of at least 4 members (excludes halogenated alkanes) is 3. The maximum absolute atomic E-state index is 15.3. The van der Waals surface area contributed by atoms with Crippen molar-refractivity contribution in [3.05, 3.63) is 72.6 Å². The molecule has 0 radical (unpaired) electrons. The van der Waals surface area contributed by atoms with E-state index < -0.39 is 91.9 Å². The summed E-state index contributed by atoms with van der Waals surface area (Å²) in [6.07, 6.45) is -0.986. The Morgan fingerprint density at radius 2 is 1.11 bits per heavy atom. The minimum Gasteiger partial charge on any atom is -0.493 e. The van der Waals surface area contributed by atoms with Crippen LogP contribution in [0.4, 0.5) is 20.2 Å². The molecule has 0 amide bonds. The third-order valence-corrected chi connectivity index (χ3v) is 11.7. The average molecular weight is 1100 g/mol. The van der Waals surface area contributed by atoms with E-state index in [1.165, 1.54) is 68.9 Å². The van der Waals surface area contributed by atoms with Crippen molar-refractivity contribution in [2.45, 2.75) is 75.8 Å². The lowest BCUT2D eigenvalue weighted by Gasteiger charge is -2.31. The molecule has 420 valence electrons. The molecular weight excluding hydrogens is 1040 g/mol. The predicted octanol–water partition coefficient (Wildman–Crippen LogP) is 5.77. The molecule has 1 unspecified atom stereocenters. The van der Waals surface area contributed by atoms with Crippen LogP contribution in [-0.2, 0) is 58.4 Å². The summed E-state index contributed by atoms with van der Waals surface area (Å²) < 4.78 is 80.6. The summed E-state index contributed by atoms with van der Waals surface area (Å²) in [6.45, 7) is 2.76. The summed E-state index contributed by atoms with van der Waals surface area (Å²) in [5.74, 6) is -1.93. The van der Waals surface area contributed by atoms with Crippen molar-refractivity contribution in [1.82, 2.24) is 36.1 Å². The van der Waals surface area contributed by atoms with Crippen LogP contribution in [0.3, 0.4) is 0 Å². The van der Waals surface area contributed by atoms with Gasteiger partial charge in [-0.05, 0) is 81.3 Å². The molecule has 0 bridgehead atoms. The fourth-order valence-corrected chi connectivity index (χ4v) is 7.66. The SMILES string of the molecule is COc1ccccc1Oc1c(OCCOC(=O)OCCCCON(O)O)nc(-c2ncccn2)nc1N(C(C)OC(=O)OCCCCON(O)O)S(=O)(=O)c1ccc(C(C)(C)COC(=O)OCCCCON(O)O)cc1. The van der Waals surface area contributed by atoms with E-state index in [9.17, 15) is 14.4 Å². The minimum atomic E-state index is -4.98. The highest BCUT2D eigenvalue weighted by Gasteiger charge is 2.39. The number of hydrogen-bond acceptors (Lipinski definition) is 30. The second kappa shape index (κ2) is 31.8. The fourth-order valence-electron chi connectivity index (χ4n) is 6.16. The molecule has 0 aliphatic rings. The number of rotatable bonds is 34. The van der Waals surface area contributed by atoms with Gasteiger partial charge < -0.3 is 42.6 Å². The Morgan fingerprint density at radius 3 is 1.64 bits per heavy atom. The van der Waals surface area contributed by atoms with Crippen LogP contribution >= 0.6 is 0 Å². The Bertz CT molecular complexity index is 2500. The molecular formula is C44H60N8O23S. The van der Waals surface area contributed by atoms with Crippen molar-refractivity contribution in [1.29, 1.82) is 0 Å². The normalized spacial score (nSPS) is 12.0. The van der Waals surface area contributed by atoms with E-state index in [0.717, 1.165) is 0 Å². The van der Waals surface area contributed by atoms with E-state index in [1.54, 1.807) is 26.0 Å². The first kappa shape index (κ1) is 61.6. The Balaban J connectivity index is 1.75. The molecule has 0 aliphatic carbocycles. The summed E-state index contributed by atoms with van der Waals surface area (Å²) >= 11 is 0. The number of anilines is 1. The van der Waals surface area contributed by atoms with Gasteiger partial charge in [0.25, 0.3) is 15.9 Å². The number of nitrogens with zero attached hydrogens (tertiary/aromatic N) is 8. The highest BCUT2D eigenvalue weighted by Crippen LogP contribution is 2.44. The molecule has 4 rings (SSSR count). The number of hydrogen-bond donors (Lipinski definition) is 6. The maximum Gasteiger partial charge on any atom is 0.510 e. The van der Waals surface area contributed by atoms with Gasteiger partial charge in [-0.25, -0.2) is 42.1 Å². The molecule has 6 N–H and O–H groups in total. The first-order chi connectivity index (χ1) is 36.3. The summed E-state index contributed by atoms with van der Waals surface area (Å²) in [6, 6.07) is 13.1. The highest BCUT2D eigenvalue weighted by molar-refractivity contribution is 7.92. The van der Waals surface area contributed by atoms with Gasteiger partial charge in [0.15, 0.2) is 29.4 Å². The lowest BCUT2D eigenvalue weighted by atomic mass is 9.86.